The van der Waals surface area contributed by atoms with Gasteiger partial charge in [0.1, 0.15) is 17.2 Å². The molecule has 0 saturated carbocycles. The average Bonchev–Trinajstić information content (AvgIpc) is 0.859. The zero-order valence-electron chi connectivity index (χ0n) is 49.7. The lowest BCUT2D eigenvalue weighted by Gasteiger charge is -2.23. The first-order valence-electron chi connectivity index (χ1n) is 28.0. The molecule has 0 aliphatic heterocycles. The van der Waals surface area contributed by atoms with Gasteiger partial charge >= 0.3 is 0 Å². The molecule has 0 amide bonds. The summed E-state index contributed by atoms with van der Waals surface area (Å²) < 4.78 is 111. The molecule has 0 unspecified atom stereocenters. The second-order valence-corrected chi connectivity index (χ2v) is 22.4. The Hall–Kier alpha value is -10.2. The fraction of sp³-hybridized carbons (Fsp3) is 0.108. The van der Waals surface area contributed by atoms with Gasteiger partial charge in [-0.1, -0.05) is 96.0 Å². The highest BCUT2D eigenvalue weighted by Crippen LogP contribution is 2.56. The van der Waals surface area contributed by atoms with Gasteiger partial charge in [0, 0.05) is 67.3 Å². The third kappa shape index (κ3) is 10.5. The normalized spacial score (nSPS) is 11.3. The van der Waals surface area contributed by atoms with Gasteiger partial charge in [-0.15, -0.1) is 0 Å². The number of methoxy groups -OCH3 is 3. The van der Waals surface area contributed by atoms with Crippen LogP contribution in [-0.4, -0.2) is 52.0 Å². The number of halogens is 8. The monoisotopic (exact) mass is 1270 g/mol. The Morgan fingerprint density at radius 2 is 0.791 bits per heavy atom. The maximum atomic E-state index is 17.1. The number of phenolic OH excluding ortho intramolecular Hbond substituents is 6. The van der Waals surface area contributed by atoms with Crippen LogP contribution in [0.5, 0.6) is 51.7 Å². The van der Waals surface area contributed by atoms with E-state index in [1.165, 1.54) is 63.8 Å². The average molecular weight is 1270 g/mol. The van der Waals surface area contributed by atoms with Gasteiger partial charge in [0.15, 0.2) is 69.4 Å². The number of benzene rings is 11. The van der Waals surface area contributed by atoms with Crippen molar-refractivity contribution in [3.05, 3.63) is 218 Å². The summed E-state index contributed by atoms with van der Waals surface area (Å²) in [6.45, 7) is 8.66. The van der Waals surface area contributed by atoms with E-state index in [1.807, 2.05) is 19.9 Å². The van der Waals surface area contributed by atoms with Crippen molar-refractivity contribution in [2.24, 2.45) is 0 Å². The standard InChI is InChI=1S/C74H53Cl2F6O9/c1-33-10-9-11-40(34(33)2)52-32-51(61(68(82)69(52)85)39-13-25-54(78)59(84)31-39)42-14-18-49(73(90-7)37(42)5)47-22-28-56(80)71(87)63(47)50-19-15-41(36(4)74(50)91-8)45-20-26-55(79)70(86)62(45)43-16-17-48(66(75)35(43)3)46-21-27-57(81)72(88)64(46)65-60(89-6)29-23-44(67(65)76)38-12-24-53(77)58(83)30-38/h9-31,83-88H,1-8H3. The molecular formula is C74H53Cl2F6O9. The van der Waals surface area contributed by atoms with Gasteiger partial charge in [-0.3, -0.25) is 0 Å². The highest BCUT2D eigenvalue weighted by molar-refractivity contribution is 6.37. The van der Waals surface area contributed by atoms with Crippen LogP contribution in [0.15, 0.2) is 140 Å². The van der Waals surface area contributed by atoms with Crippen molar-refractivity contribution >= 4 is 23.2 Å². The molecule has 6 N–H and O–H groups in total. The number of ether oxygens (including phenoxy) is 3. The van der Waals surface area contributed by atoms with Crippen molar-refractivity contribution in [3.63, 3.8) is 0 Å². The van der Waals surface area contributed by atoms with Crippen LogP contribution in [0.1, 0.15) is 27.8 Å². The largest absolute Gasteiger partial charge is 0.505 e. The van der Waals surface area contributed by atoms with Crippen LogP contribution in [0.25, 0.3) is 111 Å². The molecule has 11 aromatic rings. The van der Waals surface area contributed by atoms with Crippen LogP contribution in [0.3, 0.4) is 0 Å². The van der Waals surface area contributed by atoms with Crippen LogP contribution >= 0.6 is 23.2 Å². The van der Waals surface area contributed by atoms with E-state index in [0.717, 1.165) is 53.6 Å². The van der Waals surface area contributed by atoms with E-state index in [1.54, 1.807) is 69.3 Å². The molecule has 0 saturated heterocycles. The highest BCUT2D eigenvalue weighted by atomic mass is 35.5. The molecule has 0 spiro atoms. The molecule has 11 rings (SSSR count). The Morgan fingerprint density at radius 3 is 1.40 bits per heavy atom. The van der Waals surface area contributed by atoms with Crippen LogP contribution in [0.2, 0.25) is 10.0 Å². The Bertz CT molecular complexity index is 4860. The molecule has 0 aliphatic rings. The molecule has 11 aromatic carbocycles. The van der Waals surface area contributed by atoms with Crippen LogP contribution in [-0.2, 0) is 0 Å². The van der Waals surface area contributed by atoms with Gasteiger partial charge in [-0.25, -0.2) is 26.3 Å². The van der Waals surface area contributed by atoms with Gasteiger partial charge in [-0.2, -0.15) is 0 Å². The van der Waals surface area contributed by atoms with Crippen LogP contribution < -0.4 is 14.2 Å². The fourth-order valence-corrected chi connectivity index (χ4v) is 12.6. The predicted octanol–water partition coefficient (Wildman–Crippen LogP) is 20.1. The first kappa shape index (κ1) is 62.4. The Kier molecular flexibility index (Phi) is 16.7. The summed E-state index contributed by atoms with van der Waals surface area (Å²) in [5, 5.41) is 67.6. The third-order valence-electron chi connectivity index (χ3n) is 16.8. The minimum Gasteiger partial charge on any atom is -0.505 e. The van der Waals surface area contributed by atoms with Gasteiger partial charge in [0.2, 0.25) is 0 Å². The molecule has 0 aromatic heterocycles. The maximum absolute atomic E-state index is 17.1. The third-order valence-corrected chi connectivity index (χ3v) is 17.7. The minimum absolute atomic E-state index is 0.0171. The molecule has 0 fully saturated rings. The van der Waals surface area contributed by atoms with E-state index in [2.05, 4.69) is 6.07 Å². The summed E-state index contributed by atoms with van der Waals surface area (Å²) >= 11 is 14.4. The second-order valence-electron chi connectivity index (χ2n) is 21.7. The summed E-state index contributed by atoms with van der Waals surface area (Å²) in [7, 11) is 4.10. The first-order valence-corrected chi connectivity index (χ1v) is 28.8. The predicted molar refractivity (Wildman–Crippen MR) is 343 cm³/mol. The van der Waals surface area contributed by atoms with Crippen molar-refractivity contribution in [2.45, 2.75) is 34.6 Å². The Labute approximate surface area is 529 Å². The van der Waals surface area contributed by atoms with Gasteiger partial charge in [-0.05, 0) is 179 Å². The molecule has 0 atom stereocenters. The summed E-state index contributed by atoms with van der Waals surface area (Å²) in [5.41, 5.74) is 5.76. The number of hydrogen-bond donors (Lipinski definition) is 6. The topological polar surface area (TPSA) is 149 Å². The van der Waals surface area contributed by atoms with E-state index in [9.17, 15) is 39.4 Å². The van der Waals surface area contributed by atoms with Gasteiger partial charge < -0.3 is 44.8 Å². The number of rotatable bonds is 13. The number of hydrogen-bond acceptors (Lipinski definition) is 9. The molecule has 9 nitrogen and oxygen atoms in total. The summed E-state index contributed by atoms with van der Waals surface area (Å²) in [5.74, 6) is -10.1. The van der Waals surface area contributed by atoms with E-state index >= 15 is 17.6 Å². The lowest BCUT2D eigenvalue weighted by Crippen LogP contribution is -2.01. The lowest BCUT2D eigenvalue weighted by atomic mass is 9.84. The van der Waals surface area contributed by atoms with Crippen molar-refractivity contribution in [3.8, 4) is 163 Å². The van der Waals surface area contributed by atoms with E-state index in [0.29, 0.717) is 33.4 Å². The zero-order valence-corrected chi connectivity index (χ0v) is 51.2. The smallest absolute Gasteiger partial charge is 0.173 e. The van der Waals surface area contributed by atoms with Crippen LogP contribution in [0.4, 0.5) is 26.3 Å². The summed E-state index contributed by atoms with van der Waals surface area (Å²) in [6.07, 6.45) is 0. The quantitative estimate of drug-likeness (QED) is 0.0621. The lowest BCUT2D eigenvalue weighted by molar-refractivity contribution is 0.411. The van der Waals surface area contributed by atoms with Gasteiger partial charge in [0.25, 0.3) is 0 Å². The maximum Gasteiger partial charge on any atom is 0.173 e. The SMILES string of the molecule is COc1ccc(-c2ccc(F)c(O)c2)c(Cl)c1-c1c(-c2ccc(-c3c(-c4ccc(-c5c(-c6ccc(-c7[c]c(-c8cccc(C)c8C)c(O)c(F)c7-c7ccc(F)c(O)c7)c(C)c6OC)ccc(F)c5O)c(OC)c4C)ccc(F)c3O)c(C)c2Cl)ccc(F)c1O. The van der Waals surface area contributed by atoms with Crippen LogP contribution in [0, 0.1) is 75.6 Å². The molecule has 0 bridgehead atoms. The Morgan fingerprint density at radius 1 is 0.341 bits per heavy atom. The Balaban J connectivity index is 1.05. The molecule has 0 heterocycles. The van der Waals surface area contributed by atoms with Crippen molar-refractivity contribution < 1.29 is 71.2 Å². The molecular weight excluding hydrogens is 1220 g/mol. The molecule has 17 heteroatoms. The van der Waals surface area contributed by atoms with Crippen molar-refractivity contribution in [1.82, 2.24) is 0 Å². The first-order chi connectivity index (χ1) is 43.4. The van der Waals surface area contributed by atoms with Gasteiger partial charge in [0.05, 0.1) is 31.4 Å². The second kappa shape index (κ2) is 24.3. The number of phenols is 6. The molecule has 91 heavy (non-hydrogen) atoms. The molecule has 1 radical (unpaired) electrons. The van der Waals surface area contributed by atoms with E-state index in [4.69, 9.17) is 37.4 Å². The van der Waals surface area contributed by atoms with E-state index < -0.39 is 69.4 Å². The summed E-state index contributed by atoms with van der Waals surface area (Å²) in [4.78, 5) is 0. The highest BCUT2D eigenvalue weighted by Gasteiger charge is 2.31. The number of aryl methyl sites for hydroxylation is 1. The zero-order chi connectivity index (χ0) is 65.3. The van der Waals surface area contributed by atoms with Crippen molar-refractivity contribution in [2.75, 3.05) is 21.3 Å². The van der Waals surface area contributed by atoms with E-state index in [-0.39, 0.29) is 122 Å². The van der Waals surface area contributed by atoms with Crippen molar-refractivity contribution in [1.29, 1.82) is 0 Å². The fourth-order valence-electron chi connectivity index (χ4n) is 12.0. The molecule has 459 valence electrons. The molecule has 0 aliphatic carbocycles. The number of aromatic hydroxyl groups is 6. The summed E-state index contributed by atoms with van der Waals surface area (Å²) in [6, 6.07) is 35.4. The minimum atomic E-state index is -1.08.